The van der Waals surface area contributed by atoms with E-state index in [0.717, 1.165) is 5.69 Å². The van der Waals surface area contributed by atoms with Gasteiger partial charge in [-0.25, -0.2) is 4.52 Å². The number of nitrogens with two attached hydrogens (primary N) is 2. The van der Waals surface area contributed by atoms with Crippen molar-refractivity contribution >= 4 is 22.7 Å². The first-order valence-corrected chi connectivity index (χ1v) is 9.46. The van der Waals surface area contributed by atoms with Gasteiger partial charge in [0.2, 0.25) is 0 Å². The molecule has 1 aliphatic carbocycles. The average molecular weight is 378 g/mol. The monoisotopic (exact) mass is 378 g/mol. The van der Waals surface area contributed by atoms with E-state index in [0.29, 0.717) is 34.4 Å². The van der Waals surface area contributed by atoms with E-state index in [9.17, 15) is 5.26 Å². The predicted molar refractivity (Wildman–Crippen MR) is 112 cm³/mol. The second kappa shape index (κ2) is 9.11. The zero-order valence-electron chi connectivity index (χ0n) is 16.1. The molecule has 4 rings (SSSR count). The molecule has 1 saturated carbocycles. The Morgan fingerprint density at radius 2 is 1.96 bits per heavy atom. The maximum atomic E-state index is 9.19. The Morgan fingerprint density at radius 3 is 2.61 bits per heavy atom. The molecule has 0 aliphatic heterocycles. The van der Waals surface area contributed by atoms with E-state index >= 15 is 0 Å². The highest BCUT2D eigenvalue weighted by Gasteiger charge is 2.12. The van der Waals surface area contributed by atoms with Gasteiger partial charge in [-0.3, -0.25) is 0 Å². The van der Waals surface area contributed by atoms with Gasteiger partial charge < -0.3 is 21.5 Å². The third kappa shape index (κ3) is 4.35. The van der Waals surface area contributed by atoms with Crippen LogP contribution in [0.15, 0.2) is 42.6 Å². The predicted octanol–water partition coefficient (Wildman–Crippen LogP) is 3.82. The minimum atomic E-state index is 0.405. The molecule has 1 aliphatic rings. The molecule has 1 fully saturated rings. The number of aromatic nitrogens is 2. The van der Waals surface area contributed by atoms with E-state index in [1.54, 1.807) is 30.0 Å². The van der Waals surface area contributed by atoms with Gasteiger partial charge in [-0.1, -0.05) is 31.4 Å². The molecule has 3 aromatic rings. The van der Waals surface area contributed by atoms with E-state index in [1.807, 2.05) is 24.3 Å². The number of pyridine rings is 1. The van der Waals surface area contributed by atoms with Crippen molar-refractivity contribution in [2.24, 2.45) is 5.73 Å². The van der Waals surface area contributed by atoms with E-state index in [4.69, 9.17) is 16.2 Å². The molecule has 0 unspecified atom stereocenters. The average Bonchev–Trinajstić information content (AvgIpc) is 3.19. The van der Waals surface area contributed by atoms with Crippen LogP contribution < -0.4 is 21.5 Å². The summed E-state index contributed by atoms with van der Waals surface area (Å²) in [6.07, 6.45) is 8.29. The van der Waals surface area contributed by atoms with E-state index in [-0.39, 0.29) is 0 Å². The largest absolute Gasteiger partial charge is 0.495 e. The molecular weight excluding hydrogens is 352 g/mol. The SMILES string of the molecule is COc1ccccc1Nc1cc(N)c(C#N)c2ccnn12.NC1CCCCC1. The van der Waals surface area contributed by atoms with E-state index in [2.05, 4.69) is 16.5 Å². The van der Waals surface area contributed by atoms with Crippen LogP contribution >= 0.6 is 0 Å². The number of rotatable bonds is 3. The van der Waals surface area contributed by atoms with Gasteiger partial charge in [-0.05, 0) is 31.0 Å². The topological polar surface area (TPSA) is 114 Å². The maximum Gasteiger partial charge on any atom is 0.142 e. The Labute approximate surface area is 164 Å². The Balaban J connectivity index is 0.000000271. The molecule has 0 spiro atoms. The normalized spacial score (nSPS) is 14.0. The molecule has 2 heterocycles. The lowest BCUT2D eigenvalue weighted by Gasteiger charge is -2.15. The number of nitrogen functional groups attached to an aromatic ring is 1. The molecule has 7 heteroatoms. The first kappa shape index (κ1) is 19.5. The summed E-state index contributed by atoms with van der Waals surface area (Å²) < 4.78 is 6.95. The summed E-state index contributed by atoms with van der Waals surface area (Å²) in [5, 5.41) is 16.6. The molecule has 1 aromatic carbocycles. The van der Waals surface area contributed by atoms with Crippen molar-refractivity contribution in [3.63, 3.8) is 0 Å². The fourth-order valence-electron chi connectivity index (χ4n) is 3.34. The van der Waals surface area contributed by atoms with Crippen LogP contribution in [0.2, 0.25) is 0 Å². The van der Waals surface area contributed by atoms with Crippen LogP contribution in [0.4, 0.5) is 17.2 Å². The zero-order valence-corrected chi connectivity index (χ0v) is 16.1. The van der Waals surface area contributed by atoms with Gasteiger partial charge in [-0.2, -0.15) is 10.4 Å². The number of nitriles is 1. The summed E-state index contributed by atoms with van der Waals surface area (Å²) in [6, 6.07) is 13.6. The van der Waals surface area contributed by atoms with Crippen LogP contribution in [-0.4, -0.2) is 22.8 Å². The lowest BCUT2D eigenvalue weighted by atomic mass is 9.97. The summed E-state index contributed by atoms with van der Waals surface area (Å²) in [4.78, 5) is 0. The number of nitrogens with zero attached hydrogens (tertiary/aromatic N) is 3. The lowest BCUT2D eigenvalue weighted by molar-refractivity contribution is 0.417. The lowest BCUT2D eigenvalue weighted by Crippen LogP contribution is -2.22. The molecule has 0 amide bonds. The van der Waals surface area contributed by atoms with E-state index < -0.39 is 0 Å². The highest BCUT2D eigenvalue weighted by molar-refractivity contribution is 5.77. The van der Waals surface area contributed by atoms with Crippen LogP contribution in [0.3, 0.4) is 0 Å². The van der Waals surface area contributed by atoms with E-state index in [1.165, 1.54) is 32.1 Å². The number of para-hydroxylation sites is 2. The summed E-state index contributed by atoms with van der Waals surface area (Å²) in [5.41, 5.74) is 13.9. The van der Waals surface area contributed by atoms with Crippen LogP contribution in [0.1, 0.15) is 37.7 Å². The van der Waals surface area contributed by atoms with Gasteiger partial charge in [0.25, 0.3) is 0 Å². The zero-order chi connectivity index (χ0) is 19.9. The van der Waals surface area contributed by atoms with Crippen LogP contribution in [0.25, 0.3) is 5.52 Å². The second-order valence-electron chi connectivity index (χ2n) is 6.82. The summed E-state index contributed by atoms with van der Waals surface area (Å²) in [6.45, 7) is 0. The van der Waals surface area contributed by atoms with Gasteiger partial charge in [0, 0.05) is 12.1 Å². The number of nitrogens with one attached hydrogen (secondary N) is 1. The smallest absolute Gasteiger partial charge is 0.142 e. The number of ether oxygens (including phenoxy) is 1. The van der Waals surface area contributed by atoms with Crippen molar-refractivity contribution in [3.8, 4) is 11.8 Å². The summed E-state index contributed by atoms with van der Waals surface area (Å²) >= 11 is 0. The number of hydrogen-bond donors (Lipinski definition) is 3. The number of hydrogen-bond acceptors (Lipinski definition) is 6. The van der Waals surface area contributed by atoms with Crippen molar-refractivity contribution in [3.05, 3.63) is 48.2 Å². The highest BCUT2D eigenvalue weighted by atomic mass is 16.5. The van der Waals surface area contributed by atoms with Crippen LogP contribution in [0.5, 0.6) is 5.75 Å². The number of anilines is 3. The first-order valence-electron chi connectivity index (χ1n) is 9.46. The third-order valence-corrected chi connectivity index (χ3v) is 4.84. The molecule has 28 heavy (non-hydrogen) atoms. The fourth-order valence-corrected chi connectivity index (χ4v) is 3.34. The molecule has 0 radical (unpaired) electrons. The molecule has 7 nitrogen and oxygen atoms in total. The highest BCUT2D eigenvalue weighted by Crippen LogP contribution is 2.29. The standard InChI is InChI=1S/C15H13N5O.C6H13N/c1-21-14-5-3-2-4-12(14)19-15-8-11(17)10(9-16)13-6-7-18-20(13)15;7-6-4-2-1-3-5-6/h2-8,19H,17H2,1H3;6H,1-5,7H2. The Morgan fingerprint density at radius 1 is 1.21 bits per heavy atom. The molecular formula is C21H26N6O. The van der Waals surface area contributed by atoms with Crippen molar-refractivity contribution in [1.82, 2.24) is 9.61 Å². The van der Waals surface area contributed by atoms with Gasteiger partial charge in [0.1, 0.15) is 23.2 Å². The van der Waals surface area contributed by atoms with Gasteiger partial charge in [0.05, 0.1) is 30.2 Å². The minimum absolute atomic E-state index is 0.405. The second-order valence-corrected chi connectivity index (χ2v) is 6.82. The quantitative estimate of drug-likeness (QED) is 0.638. The molecule has 0 atom stereocenters. The molecule has 2 aromatic heterocycles. The number of fused-ring (bicyclic) bond motifs is 1. The number of methoxy groups -OCH3 is 1. The van der Waals surface area contributed by atoms with Crippen LogP contribution in [-0.2, 0) is 0 Å². The van der Waals surface area contributed by atoms with Gasteiger partial charge in [0.15, 0.2) is 0 Å². The summed E-state index contributed by atoms with van der Waals surface area (Å²) in [5.74, 6) is 1.37. The van der Waals surface area contributed by atoms with Crippen molar-refractivity contribution < 1.29 is 4.74 Å². The third-order valence-electron chi connectivity index (χ3n) is 4.84. The fraction of sp³-hybridized carbons (Fsp3) is 0.333. The van der Waals surface area contributed by atoms with Crippen molar-refractivity contribution in [2.45, 2.75) is 38.1 Å². The Kier molecular flexibility index (Phi) is 6.35. The summed E-state index contributed by atoms with van der Waals surface area (Å²) in [7, 11) is 1.61. The van der Waals surface area contributed by atoms with Crippen molar-refractivity contribution in [2.75, 3.05) is 18.2 Å². The van der Waals surface area contributed by atoms with Crippen LogP contribution in [0, 0.1) is 11.3 Å². The molecule has 0 bridgehead atoms. The Bertz CT molecular complexity index is 969. The van der Waals surface area contributed by atoms with Gasteiger partial charge in [-0.15, -0.1) is 0 Å². The van der Waals surface area contributed by atoms with Gasteiger partial charge >= 0.3 is 0 Å². The Hall–Kier alpha value is -3.24. The number of benzene rings is 1. The maximum absolute atomic E-state index is 9.19. The minimum Gasteiger partial charge on any atom is -0.495 e. The first-order chi connectivity index (χ1) is 13.6. The van der Waals surface area contributed by atoms with Crippen molar-refractivity contribution in [1.29, 1.82) is 5.26 Å². The molecule has 146 valence electrons. The molecule has 5 N–H and O–H groups in total. The molecule has 0 saturated heterocycles.